The van der Waals surface area contributed by atoms with Crippen LogP contribution in [0, 0.1) is 0 Å². The van der Waals surface area contributed by atoms with Gasteiger partial charge in [0.2, 0.25) is 5.95 Å². The maximum Gasteiger partial charge on any atom is 0.221 e. The summed E-state index contributed by atoms with van der Waals surface area (Å²) in [4.78, 5) is 11.1. The molecule has 21 heavy (non-hydrogen) atoms. The lowest BCUT2D eigenvalue weighted by atomic mass is 10.1. The second kappa shape index (κ2) is 6.13. The van der Waals surface area contributed by atoms with E-state index in [1.165, 1.54) is 11.3 Å². The molecule has 2 heterocycles. The lowest BCUT2D eigenvalue weighted by Crippen LogP contribution is -2.46. The Morgan fingerprint density at radius 3 is 2.38 bits per heavy atom. The third-order valence-corrected chi connectivity index (χ3v) is 3.93. The molecule has 0 amide bonds. The molecule has 3 rings (SSSR count). The fourth-order valence-corrected chi connectivity index (χ4v) is 2.63. The van der Waals surface area contributed by atoms with Crippen molar-refractivity contribution in [2.75, 3.05) is 50.1 Å². The predicted octanol–water partition coefficient (Wildman–Crippen LogP) is 1.19. The van der Waals surface area contributed by atoms with Gasteiger partial charge in [0.05, 0.1) is 0 Å². The van der Waals surface area contributed by atoms with Crippen LogP contribution in [-0.2, 0) is 6.54 Å². The number of hydrogen-bond donors (Lipinski definition) is 1. The summed E-state index contributed by atoms with van der Waals surface area (Å²) in [6.07, 6.45) is 1.56. The number of aromatic amines is 1. The summed E-state index contributed by atoms with van der Waals surface area (Å²) in [5.74, 6) is 0.880. The van der Waals surface area contributed by atoms with Crippen molar-refractivity contribution in [2.45, 2.75) is 6.54 Å². The Balaban J connectivity index is 1.53. The number of nitrogens with zero attached hydrogens (tertiary/aromatic N) is 5. The first-order chi connectivity index (χ1) is 10.2. The third kappa shape index (κ3) is 3.33. The van der Waals surface area contributed by atoms with Crippen LogP contribution >= 0.6 is 0 Å². The van der Waals surface area contributed by atoms with Gasteiger partial charge in [-0.1, -0.05) is 12.1 Å². The minimum absolute atomic E-state index is 0.880. The SMILES string of the molecule is CN(C)c1ccc(CN2CCN(c3ncn[nH]3)CC2)cc1. The summed E-state index contributed by atoms with van der Waals surface area (Å²) < 4.78 is 0. The van der Waals surface area contributed by atoms with E-state index in [4.69, 9.17) is 0 Å². The fraction of sp³-hybridized carbons (Fsp3) is 0.467. The van der Waals surface area contributed by atoms with E-state index in [0.717, 1.165) is 38.7 Å². The predicted molar refractivity (Wildman–Crippen MR) is 84.6 cm³/mol. The zero-order valence-corrected chi connectivity index (χ0v) is 12.7. The molecule has 1 aromatic carbocycles. The van der Waals surface area contributed by atoms with Gasteiger partial charge in [-0.25, -0.2) is 5.10 Å². The first-order valence-corrected chi connectivity index (χ1v) is 7.31. The van der Waals surface area contributed by atoms with E-state index in [9.17, 15) is 0 Å². The van der Waals surface area contributed by atoms with Crippen LogP contribution in [0.5, 0.6) is 0 Å². The second-order valence-corrected chi connectivity index (χ2v) is 5.63. The molecule has 0 spiro atoms. The maximum atomic E-state index is 4.21. The normalized spacial score (nSPS) is 16.2. The minimum Gasteiger partial charge on any atom is -0.378 e. The summed E-state index contributed by atoms with van der Waals surface area (Å²) in [7, 11) is 4.13. The Hall–Kier alpha value is -2.08. The van der Waals surface area contributed by atoms with Gasteiger partial charge >= 0.3 is 0 Å². The summed E-state index contributed by atoms with van der Waals surface area (Å²) in [5.41, 5.74) is 2.61. The van der Waals surface area contributed by atoms with Crippen LogP contribution in [0.1, 0.15) is 5.56 Å². The van der Waals surface area contributed by atoms with Crippen molar-refractivity contribution in [1.82, 2.24) is 20.1 Å². The molecule has 112 valence electrons. The molecule has 0 saturated carbocycles. The molecule has 2 aromatic rings. The highest BCUT2D eigenvalue weighted by Gasteiger charge is 2.18. The van der Waals surface area contributed by atoms with Crippen LogP contribution in [-0.4, -0.2) is 60.4 Å². The third-order valence-electron chi connectivity index (χ3n) is 3.93. The van der Waals surface area contributed by atoms with Gasteiger partial charge in [0.15, 0.2) is 0 Å². The lowest BCUT2D eigenvalue weighted by molar-refractivity contribution is 0.249. The fourth-order valence-electron chi connectivity index (χ4n) is 2.63. The van der Waals surface area contributed by atoms with Gasteiger partial charge in [0, 0.05) is 52.5 Å². The van der Waals surface area contributed by atoms with E-state index in [1.807, 2.05) is 0 Å². The van der Waals surface area contributed by atoms with E-state index in [1.54, 1.807) is 6.33 Å². The first-order valence-electron chi connectivity index (χ1n) is 7.31. The molecule has 0 atom stereocenters. The number of H-pyrrole nitrogens is 1. The molecule has 0 unspecified atom stereocenters. The number of benzene rings is 1. The molecular weight excluding hydrogens is 264 g/mol. The van der Waals surface area contributed by atoms with Gasteiger partial charge in [-0.05, 0) is 17.7 Å². The van der Waals surface area contributed by atoms with E-state index >= 15 is 0 Å². The molecule has 1 aliphatic heterocycles. The zero-order valence-electron chi connectivity index (χ0n) is 12.7. The Kier molecular flexibility index (Phi) is 4.06. The molecule has 0 aliphatic carbocycles. The molecule has 1 aliphatic rings. The number of rotatable bonds is 4. The van der Waals surface area contributed by atoms with Crippen LogP contribution in [0.25, 0.3) is 0 Å². The summed E-state index contributed by atoms with van der Waals surface area (Å²) >= 11 is 0. The van der Waals surface area contributed by atoms with Crippen LogP contribution in [0.2, 0.25) is 0 Å². The van der Waals surface area contributed by atoms with E-state index in [2.05, 4.69) is 68.2 Å². The van der Waals surface area contributed by atoms with Crippen LogP contribution in [0.4, 0.5) is 11.6 Å². The Bertz CT molecular complexity index is 540. The summed E-state index contributed by atoms with van der Waals surface area (Å²) in [6.45, 7) is 5.10. The van der Waals surface area contributed by atoms with E-state index in [-0.39, 0.29) is 0 Å². The average molecular weight is 286 g/mol. The van der Waals surface area contributed by atoms with E-state index in [0.29, 0.717) is 0 Å². The quantitative estimate of drug-likeness (QED) is 0.915. The largest absolute Gasteiger partial charge is 0.378 e. The van der Waals surface area contributed by atoms with Crippen molar-refractivity contribution >= 4 is 11.6 Å². The Morgan fingerprint density at radius 1 is 1.10 bits per heavy atom. The zero-order chi connectivity index (χ0) is 14.7. The number of anilines is 2. The number of aromatic nitrogens is 3. The van der Waals surface area contributed by atoms with Crippen molar-refractivity contribution in [1.29, 1.82) is 0 Å². The highest BCUT2D eigenvalue weighted by atomic mass is 15.4. The van der Waals surface area contributed by atoms with E-state index < -0.39 is 0 Å². The van der Waals surface area contributed by atoms with Crippen LogP contribution < -0.4 is 9.80 Å². The average Bonchev–Trinajstić information content (AvgIpc) is 3.03. The molecule has 0 bridgehead atoms. The topological polar surface area (TPSA) is 51.3 Å². The molecule has 6 nitrogen and oxygen atoms in total. The van der Waals surface area contributed by atoms with Crippen molar-refractivity contribution < 1.29 is 0 Å². The molecule has 1 N–H and O–H groups in total. The molecule has 1 fully saturated rings. The number of hydrogen-bond acceptors (Lipinski definition) is 5. The Labute approximate surface area is 125 Å². The maximum absolute atomic E-state index is 4.21. The van der Waals surface area contributed by atoms with Crippen molar-refractivity contribution in [3.8, 4) is 0 Å². The first kappa shape index (κ1) is 13.9. The monoisotopic (exact) mass is 286 g/mol. The van der Waals surface area contributed by atoms with Gasteiger partial charge < -0.3 is 9.80 Å². The highest BCUT2D eigenvalue weighted by molar-refractivity contribution is 5.46. The van der Waals surface area contributed by atoms with Crippen molar-refractivity contribution in [3.05, 3.63) is 36.2 Å². The van der Waals surface area contributed by atoms with Gasteiger partial charge in [-0.15, -0.1) is 0 Å². The van der Waals surface area contributed by atoms with Crippen molar-refractivity contribution in [3.63, 3.8) is 0 Å². The number of piperazine rings is 1. The molecular formula is C15H22N6. The molecule has 1 saturated heterocycles. The van der Waals surface area contributed by atoms with Gasteiger partial charge in [-0.3, -0.25) is 4.90 Å². The van der Waals surface area contributed by atoms with Crippen molar-refractivity contribution in [2.24, 2.45) is 0 Å². The Morgan fingerprint density at radius 2 is 1.81 bits per heavy atom. The summed E-state index contributed by atoms with van der Waals surface area (Å²) in [5, 5.41) is 6.84. The summed E-state index contributed by atoms with van der Waals surface area (Å²) in [6, 6.07) is 8.80. The van der Waals surface area contributed by atoms with Gasteiger partial charge in [0.1, 0.15) is 6.33 Å². The number of nitrogens with one attached hydrogen (secondary N) is 1. The minimum atomic E-state index is 0.880. The lowest BCUT2D eigenvalue weighted by Gasteiger charge is -2.34. The standard InChI is InChI=1S/C15H22N6/c1-19(2)14-5-3-13(4-6-14)11-20-7-9-21(10-8-20)15-16-12-17-18-15/h3-6,12H,7-11H2,1-2H3,(H,16,17,18). The molecule has 6 heteroatoms. The van der Waals surface area contributed by atoms with Gasteiger partial charge in [-0.2, -0.15) is 10.1 Å². The second-order valence-electron chi connectivity index (χ2n) is 5.63. The molecule has 1 aromatic heterocycles. The molecule has 0 radical (unpaired) electrons. The van der Waals surface area contributed by atoms with Gasteiger partial charge in [0.25, 0.3) is 0 Å². The van der Waals surface area contributed by atoms with Crippen LogP contribution in [0.3, 0.4) is 0 Å². The smallest absolute Gasteiger partial charge is 0.221 e. The highest BCUT2D eigenvalue weighted by Crippen LogP contribution is 2.15. The van der Waals surface area contributed by atoms with Crippen LogP contribution in [0.15, 0.2) is 30.6 Å².